The summed E-state index contributed by atoms with van der Waals surface area (Å²) in [5.74, 6) is -0.851. The largest absolute Gasteiger partial charge is 0.496 e. The van der Waals surface area contributed by atoms with Crippen molar-refractivity contribution >= 4 is 27.5 Å². The molecular formula is C24H23NO6S. The minimum Gasteiger partial charge on any atom is -0.496 e. The van der Waals surface area contributed by atoms with Crippen molar-refractivity contribution in [3.05, 3.63) is 90.0 Å². The quantitative estimate of drug-likeness (QED) is 0.360. The van der Waals surface area contributed by atoms with Crippen molar-refractivity contribution in [3.8, 4) is 5.75 Å². The molecule has 0 heterocycles. The minimum atomic E-state index is -3.90. The molecule has 7 nitrogen and oxygen atoms in total. The van der Waals surface area contributed by atoms with Crippen LogP contribution in [0, 0.1) is 0 Å². The van der Waals surface area contributed by atoms with Gasteiger partial charge in [0.25, 0.3) is 10.0 Å². The van der Waals surface area contributed by atoms with Crippen LogP contribution in [-0.4, -0.2) is 40.4 Å². The van der Waals surface area contributed by atoms with Crippen LogP contribution < -0.4 is 9.04 Å². The van der Waals surface area contributed by atoms with Gasteiger partial charge in [-0.05, 0) is 49.4 Å². The van der Waals surface area contributed by atoms with Gasteiger partial charge in [-0.1, -0.05) is 36.4 Å². The average molecular weight is 454 g/mol. The highest BCUT2D eigenvalue weighted by Crippen LogP contribution is 2.24. The van der Waals surface area contributed by atoms with E-state index in [1.54, 1.807) is 61.5 Å². The summed E-state index contributed by atoms with van der Waals surface area (Å²) in [5, 5.41) is 0. The summed E-state index contributed by atoms with van der Waals surface area (Å²) in [6, 6.07) is 20.9. The van der Waals surface area contributed by atoms with E-state index in [1.165, 1.54) is 35.7 Å². The van der Waals surface area contributed by atoms with Crippen LogP contribution in [0.4, 0.5) is 5.69 Å². The van der Waals surface area contributed by atoms with E-state index >= 15 is 0 Å². The number of anilines is 1. The highest BCUT2D eigenvalue weighted by molar-refractivity contribution is 7.92. The molecule has 0 aliphatic carbocycles. The van der Waals surface area contributed by atoms with Crippen molar-refractivity contribution in [3.63, 3.8) is 0 Å². The zero-order valence-corrected chi connectivity index (χ0v) is 18.5. The highest BCUT2D eigenvalue weighted by Gasteiger charge is 2.25. The Kier molecular flexibility index (Phi) is 7.27. The second-order valence-electron chi connectivity index (χ2n) is 6.73. The Bertz CT molecular complexity index is 1210. The SMILES string of the molecule is CCN(c1ccccc1)S(=O)(=O)c1cccc(C(=O)OCC(=O)c2ccccc2OC)c1. The van der Waals surface area contributed by atoms with E-state index < -0.39 is 28.4 Å². The highest BCUT2D eigenvalue weighted by atomic mass is 32.2. The molecule has 0 unspecified atom stereocenters. The number of para-hydroxylation sites is 2. The fraction of sp³-hybridized carbons (Fsp3) is 0.167. The van der Waals surface area contributed by atoms with Crippen LogP contribution in [0.25, 0.3) is 0 Å². The average Bonchev–Trinajstić information content (AvgIpc) is 2.83. The van der Waals surface area contributed by atoms with E-state index in [0.29, 0.717) is 17.0 Å². The molecule has 166 valence electrons. The van der Waals surface area contributed by atoms with Crippen molar-refractivity contribution in [2.75, 3.05) is 24.6 Å². The van der Waals surface area contributed by atoms with E-state index in [0.717, 1.165) is 0 Å². The van der Waals surface area contributed by atoms with Crippen LogP contribution in [0.1, 0.15) is 27.6 Å². The summed E-state index contributed by atoms with van der Waals surface area (Å²) in [6.45, 7) is 1.45. The molecule has 0 aliphatic heterocycles. The Labute approximate surface area is 187 Å². The Hall–Kier alpha value is -3.65. The third kappa shape index (κ3) is 4.97. The fourth-order valence-electron chi connectivity index (χ4n) is 3.16. The molecule has 0 fully saturated rings. The van der Waals surface area contributed by atoms with Crippen LogP contribution in [0.3, 0.4) is 0 Å². The molecule has 8 heteroatoms. The first-order valence-corrected chi connectivity index (χ1v) is 11.3. The number of methoxy groups -OCH3 is 1. The molecule has 3 aromatic carbocycles. The summed E-state index contributed by atoms with van der Waals surface area (Å²) in [6.07, 6.45) is 0. The maximum atomic E-state index is 13.2. The number of nitrogens with zero attached hydrogens (tertiary/aromatic N) is 1. The Morgan fingerprint density at radius 1 is 0.906 bits per heavy atom. The first kappa shape index (κ1) is 23.0. The maximum Gasteiger partial charge on any atom is 0.338 e. The van der Waals surface area contributed by atoms with Crippen molar-refractivity contribution in [1.29, 1.82) is 0 Å². The second kappa shape index (κ2) is 10.1. The van der Waals surface area contributed by atoms with Gasteiger partial charge < -0.3 is 9.47 Å². The molecule has 0 spiro atoms. The molecular weight excluding hydrogens is 430 g/mol. The molecule has 3 aromatic rings. The summed E-state index contributed by atoms with van der Waals surface area (Å²) >= 11 is 0. The monoisotopic (exact) mass is 453 g/mol. The first-order valence-electron chi connectivity index (χ1n) is 9.89. The predicted octanol–water partition coefficient (Wildman–Crippen LogP) is 3.95. The van der Waals surface area contributed by atoms with Gasteiger partial charge in [0.1, 0.15) is 5.75 Å². The third-order valence-corrected chi connectivity index (χ3v) is 6.63. The molecule has 0 bridgehead atoms. The number of sulfonamides is 1. The lowest BCUT2D eigenvalue weighted by Crippen LogP contribution is -2.30. The topological polar surface area (TPSA) is 90.0 Å². The second-order valence-corrected chi connectivity index (χ2v) is 8.60. The Morgan fingerprint density at radius 2 is 1.59 bits per heavy atom. The summed E-state index contributed by atoms with van der Waals surface area (Å²) in [4.78, 5) is 24.9. The van der Waals surface area contributed by atoms with Crippen molar-refractivity contribution in [2.45, 2.75) is 11.8 Å². The van der Waals surface area contributed by atoms with Crippen LogP contribution in [0.2, 0.25) is 0 Å². The van der Waals surface area contributed by atoms with E-state index in [4.69, 9.17) is 9.47 Å². The molecule has 0 aliphatic rings. The molecule has 32 heavy (non-hydrogen) atoms. The fourth-order valence-corrected chi connectivity index (χ4v) is 4.68. The number of hydrogen-bond acceptors (Lipinski definition) is 6. The number of esters is 1. The normalized spacial score (nSPS) is 10.9. The number of carbonyl (C=O) groups is 2. The Morgan fingerprint density at radius 3 is 2.28 bits per heavy atom. The van der Waals surface area contributed by atoms with Crippen LogP contribution in [0.5, 0.6) is 5.75 Å². The zero-order valence-electron chi connectivity index (χ0n) is 17.7. The molecule has 0 saturated carbocycles. The van der Waals surface area contributed by atoms with Gasteiger partial charge in [-0.2, -0.15) is 0 Å². The van der Waals surface area contributed by atoms with Gasteiger partial charge in [0.05, 0.1) is 28.8 Å². The number of hydrogen-bond donors (Lipinski definition) is 0. The van der Waals surface area contributed by atoms with Gasteiger partial charge in [0, 0.05) is 6.54 Å². The molecule has 0 aromatic heterocycles. The van der Waals surface area contributed by atoms with Gasteiger partial charge in [-0.25, -0.2) is 13.2 Å². The number of ether oxygens (including phenoxy) is 2. The summed E-state index contributed by atoms with van der Waals surface area (Å²) < 4.78 is 37.9. The van der Waals surface area contributed by atoms with Crippen molar-refractivity contribution in [1.82, 2.24) is 0 Å². The number of Topliss-reactive ketones (excluding diaryl/α,β-unsaturated/α-hetero) is 1. The maximum absolute atomic E-state index is 13.2. The predicted molar refractivity (Wildman–Crippen MR) is 121 cm³/mol. The minimum absolute atomic E-state index is 0.0306. The standard InChI is InChI=1S/C24H23NO6S/c1-3-25(19-11-5-4-6-12-19)32(28,29)20-13-9-10-18(16-20)24(27)31-17-22(26)21-14-7-8-15-23(21)30-2/h4-16H,3,17H2,1-2H3. The molecule has 0 atom stereocenters. The van der Waals surface area contributed by atoms with E-state index in [9.17, 15) is 18.0 Å². The number of ketones is 1. The molecule has 0 saturated heterocycles. The number of benzene rings is 3. The number of rotatable bonds is 9. The summed E-state index contributed by atoms with van der Waals surface area (Å²) in [7, 11) is -2.46. The van der Waals surface area contributed by atoms with Crippen molar-refractivity contribution in [2.24, 2.45) is 0 Å². The van der Waals surface area contributed by atoms with E-state index in [1.807, 2.05) is 0 Å². The molecule has 0 N–H and O–H groups in total. The molecule has 0 radical (unpaired) electrons. The Balaban J connectivity index is 1.78. The van der Waals surface area contributed by atoms with Crippen LogP contribution >= 0.6 is 0 Å². The van der Waals surface area contributed by atoms with Gasteiger partial charge >= 0.3 is 5.97 Å². The van der Waals surface area contributed by atoms with Gasteiger partial charge in [0.2, 0.25) is 5.78 Å². The van der Waals surface area contributed by atoms with Crippen LogP contribution in [-0.2, 0) is 14.8 Å². The molecule has 3 rings (SSSR count). The van der Waals surface area contributed by atoms with E-state index in [-0.39, 0.29) is 17.0 Å². The van der Waals surface area contributed by atoms with E-state index in [2.05, 4.69) is 0 Å². The number of carbonyl (C=O) groups excluding carboxylic acids is 2. The zero-order chi connectivity index (χ0) is 23.1. The summed E-state index contributed by atoms with van der Waals surface area (Å²) in [5.41, 5.74) is 0.842. The third-order valence-electron chi connectivity index (χ3n) is 4.73. The lowest BCUT2D eigenvalue weighted by atomic mass is 10.1. The van der Waals surface area contributed by atoms with Crippen molar-refractivity contribution < 1.29 is 27.5 Å². The first-order chi connectivity index (χ1) is 15.4. The lowest BCUT2D eigenvalue weighted by Gasteiger charge is -2.23. The smallest absolute Gasteiger partial charge is 0.338 e. The van der Waals surface area contributed by atoms with Gasteiger partial charge in [-0.3, -0.25) is 9.10 Å². The van der Waals surface area contributed by atoms with Gasteiger partial charge in [-0.15, -0.1) is 0 Å². The lowest BCUT2D eigenvalue weighted by molar-refractivity contribution is 0.0473. The van der Waals surface area contributed by atoms with Gasteiger partial charge in [0.15, 0.2) is 6.61 Å². The molecule has 0 amide bonds. The van der Waals surface area contributed by atoms with Crippen LogP contribution in [0.15, 0.2) is 83.8 Å².